The van der Waals surface area contributed by atoms with Gasteiger partial charge in [0, 0.05) is 14.1 Å². The standard InChI is InChI=1S/C20H26FN3O3S/c1-14-6-7-15(2)19(12-14)16(3)22-20(25)13-24(28(26,27)23(4)5)18-10-8-17(21)9-11-18/h6-12,16H,13H2,1-5H3,(H,22,25)/t16-/m1/s1. The van der Waals surface area contributed by atoms with Crippen molar-refractivity contribution in [3.63, 3.8) is 0 Å². The van der Waals surface area contributed by atoms with Gasteiger partial charge in [-0.25, -0.2) is 8.70 Å². The third kappa shape index (κ3) is 5.08. The van der Waals surface area contributed by atoms with Crippen molar-refractivity contribution in [3.8, 4) is 0 Å². The molecule has 0 heterocycles. The molecule has 2 aromatic carbocycles. The van der Waals surface area contributed by atoms with Crippen LogP contribution in [0.2, 0.25) is 0 Å². The molecule has 1 amide bonds. The minimum atomic E-state index is -3.93. The largest absolute Gasteiger partial charge is 0.348 e. The average Bonchev–Trinajstić information content (AvgIpc) is 2.62. The zero-order valence-corrected chi connectivity index (χ0v) is 17.5. The molecule has 0 aliphatic carbocycles. The van der Waals surface area contributed by atoms with E-state index in [4.69, 9.17) is 0 Å². The van der Waals surface area contributed by atoms with Crippen molar-refractivity contribution >= 4 is 21.8 Å². The van der Waals surface area contributed by atoms with E-state index in [0.717, 1.165) is 37.4 Å². The fraction of sp³-hybridized carbons (Fsp3) is 0.350. The van der Waals surface area contributed by atoms with Crippen molar-refractivity contribution in [1.29, 1.82) is 0 Å². The van der Waals surface area contributed by atoms with Crippen LogP contribution in [0.4, 0.5) is 10.1 Å². The summed E-state index contributed by atoms with van der Waals surface area (Å²) in [5.74, 6) is -0.942. The Balaban J connectivity index is 2.25. The minimum Gasteiger partial charge on any atom is -0.348 e. The third-order valence-corrected chi connectivity index (χ3v) is 6.24. The van der Waals surface area contributed by atoms with Crippen LogP contribution >= 0.6 is 0 Å². The van der Waals surface area contributed by atoms with Crippen LogP contribution < -0.4 is 9.62 Å². The molecule has 1 N–H and O–H groups in total. The molecule has 1 atom stereocenters. The van der Waals surface area contributed by atoms with Crippen molar-refractivity contribution in [3.05, 3.63) is 65.0 Å². The highest BCUT2D eigenvalue weighted by atomic mass is 32.2. The Morgan fingerprint density at radius 3 is 2.29 bits per heavy atom. The number of halogens is 1. The zero-order valence-electron chi connectivity index (χ0n) is 16.7. The third-order valence-electron chi connectivity index (χ3n) is 4.42. The molecule has 2 rings (SSSR count). The lowest BCUT2D eigenvalue weighted by Crippen LogP contribution is -2.46. The molecular weight excluding hydrogens is 381 g/mol. The summed E-state index contributed by atoms with van der Waals surface area (Å²) in [7, 11) is -1.18. The number of benzene rings is 2. The van der Waals surface area contributed by atoms with E-state index in [1.54, 1.807) is 0 Å². The number of carbonyl (C=O) groups is 1. The summed E-state index contributed by atoms with van der Waals surface area (Å²) in [5.41, 5.74) is 3.29. The van der Waals surface area contributed by atoms with E-state index in [2.05, 4.69) is 5.32 Å². The second-order valence-corrected chi connectivity index (χ2v) is 8.99. The lowest BCUT2D eigenvalue weighted by atomic mass is 10.00. The lowest BCUT2D eigenvalue weighted by Gasteiger charge is -2.27. The lowest BCUT2D eigenvalue weighted by molar-refractivity contribution is -0.120. The predicted octanol–water partition coefficient (Wildman–Crippen LogP) is 2.93. The Morgan fingerprint density at radius 2 is 1.71 bits per heavy atom. The Morgan fingerprint density at radius 1 is 1.11 bits per heavy atom. The minimum absolute atomic E-state index is 0.213. The summed E-state index contributed by atoms with van der Waals surface area (Å²) in [4.78, 5) is 12.6. The van der Waals surface area contributed by atoms with Gasteiger partial charge in [-0.2, -0.15) is 12.7 Å². The van der Waals surface area contributed by atoms with Gasteiger partial charge in [0.15, 0.2) is 0 Å². The molecule has 0 aromatic heterocycles. The van der Waals surface area contributed by atoms with Gasteiger partial charge in [0.1, 0.15) is 12.4 Å². The summed E-state index contributed by atoms with van der Waals surface area (Å²) in [5, 5.41) is 2.85. The molecule has 6 nitrogen and oxygen atoms in total. The summed E-state index contributed by atoms with van der Waals surface area (Å²) in [6.07, 6.45) is 0. The number of hydrogen-bond donors (Lipinski definition) is 1. The summed E-state index contributed by atoms with van der Waals surface area (Å²) >= 11 is 0. The highest BCUT2D eigenvalue weighted by Gasteiger charge is 2.28. The van der Waals surface area contributed by atoms with Crippen molar-refractivity contribution < 1.29 is 17.6 Å². The second kappa shape index (κ2) is 8.70. The van der Waals surface area contributed by atoms with Gasteiger partial charge in [-0.3, -0.25) is 4.79 Å². The van der Waals surface area contributed by atoms with Crippen LogP contribution in [0.1, 0.15) is 29.7 Å². The molecule has 0 aliphatic heterocycles. The first kappa shape index (κ1) is 21.8. The highest BCUT2D eigenvalue weighted by Crippen LogP contribution is 2.21. The molecule has 0 fully saturated rings. The summed E-state index contributed by atoms with van der Waals surface area (Å²) in [6, 6.07) is 10.7. The van der Waals surface area contributed by atoms with Crippen molar-refractivity contribution in [2.24, 2.45) is 0 Å². The van der Waals surface area contributed by atoms with E-state index in [1.807, 2.05) is 39.0 Å². The Kier molecular flexibility index (Phi) is 6.79. The van der Waals surface area contributed by atoms with Gasteiger partial charge in [0.2, 0.25) is 5.91 Å². The Bertz CT molecular complexity index is 944. The van der Waals surface area contributed by atoms with Gasteiger partial charge < -0.3 is 5.32 Å². The van der Waals surface area contributed by atoms with Crippen LogP contribution in [0.15, 0.2) is 42.5 Å². The van der Waals surface area contributed by atoms with Crippen LogP contribution in [-0.4, -0.2) is 39.3 Å². The molecule has 28 heavy (non-hydrogen) atoms. The number of anilines is 1. The molecule has 0 spiro atoms. The molecule has 0 aliphatic rings. The first-order valence-electron chi connectivity index (χ1n) is 8.84. The molecule has 0 bridgehead atoms. The first-order chi connectivity index (χ1) is 13.0. The first-order valence-corrected chi connectivity index (χ1v) is 10.2. The van der Waals surface area contributed by atoms with E-state index in [0.29, 0.717) is 0 Å². The van der Waals surface area contributed by atoms with Gasteiger partial charge in [-0.15, -0.1) is 0 Å². The maximum Gasteiger partial charge on any atom is 0.304 e. The van der Waals surface area contributed by atoms with Crippen LogP contribution in [0.3, 0.4) is 0 Å². The molecule has 0 saturated carbocycles. The zero-order chi connectivity index (χ0) is 21.1. The van der Waals surface area contributed by atoms with Crippen LogP contribution in [0.25, 0.3) is 0 Å². The number of hydrogen-bond acceptors (Lipinski definition) is 3. The molecule has 8 heteroatoms. The molecule has 0 radical (unpaired) electrons. The fourth-order valence-corrected chi connectivity index (χ4v) is 3.90. The SMILES string of the molecule is Cc1ccc(C)c([C@@H](C)NC(=O)CN(c2ccc(F)cc2)S(=O)(=O)N(C)C)c1. The monoisotopic (exact) mass is 407 g/mol. The number of rotatable bonds is 7. The summed E-state index contributed by atoms with van der Waals surface area (Å²) < 4.78 is 40.6. The number of aryl methyl sites for hydroxylation is 2. The maximum atomic E-state index is 13.2. The molecule has 0 saturated heterocycles. The molecular formula is C20H26FN3O3S. The molecule has 152 valence electrons. The average molecular weight is 408 g/mol. The highest BCUT2D eigenvalue weighted by molar-refractivity contribution is 7.90. The van der Waals surface area contributed by atoms with Gasteiger partial charge in [-0.05, 0) is 56.2 Å². The van der Waals surface area contributed by atoms with Gasteiger partial charge in [0.05, 0.1) is 11.7 Å². The quantitative estimate of drug-likeness (QED) is 0.767. The van der Waals surface area contributed by atoms with Gasteiger partial charge in [0.25, 0.3) is 0 Å². The Hall–Kier alpha value is -2.45. The van der Waals surface area contributed by atoms with Crippen LogP contribution in [-0.2, 0) is 15.0 Å². The van der Waals surface area contributed by atoms with E-state index < -0.39 is 28.5 Å². The second-order valence-electron chi connectivity index (χ2n) is 6.92. The van der Waals surface area contributed by atoms with E-state index in [1.165, 1.54) is 26.2 Å². The number of nitrogens with one attached hydrogen (secondary N) is 1. The number of carbonyl (C=O) groups excluding carboxylic acids is 1. The molecule has 0 unspecified atom stereocenters. The van der Waals surface area contributed by atoms with Crippen molar-refractivity contribution in [2.75, 3.05) is 24.9 Å². The fourth-order valence-electron chi connectivity index (χ4n) is 2.83. The van der Waals surface area contributed by atoms with Gasteiger partial charge in [-0.1, -0.05) is 23.8 Å². The number of nitrogens with zero attached hydrogens (tertiary/aromatic N) is 2. The smallest absolute Gasteiger partial charge is 0.304 e. The van der Waals surface area contributed by atoms with E-state index in [9.17, 15) is 17.6 Å². The number of amides is 1. The predicted molar refractivity (Wildman–Crippen MR) is 109 cm³/mol. The Labute approximate surface area is 166 Å². The van der Waals surface area contributed by atoms with Crippen molar-refractivity contribution in [1.82, 2.24) is 9.62 Å². The molecule has 2 aromatic rings. The van der Waals surface area contributed by atoms with Crippen LogP contribution in [0.5, 0.6) is 0 Å². The normalized spacial score (nSPS) is 12.7. The summed E-state index contributed by atoms with van der Waals surface area (Å²) in [6.45, 7) is 5.36. The van der Waals surface area contributed by atoms with Crippen LogP contribution in [0, 0.1) is 19.7 Å². The van der Waals surface area contributed by atoms with Gasteiger partial charge >= 0.3 is 10.2 Å². The van der Waals surface area contributed by atoms with Crippen molar-refractivity contribution in [2.45, 2.75) is 26.8 Å². The maximum absolute atomic E-state index is 13.2. The van der Waals surface area contributed by atoms with E-state index >= 15 is 0 Å². The van der Waals surface area contributed by atoms with E-state index in [-0.39, 0.29) is 11.7 Å². The topological polar surface area (TPSA) is 69.7 Å².